The lowest BCUT2D eigenvalue weighted by Crippen LogP contribution is -2.32. The molecule has 1 aliphatic rings. The molecule has 1 amide bonds. The monoisotopic (exact) mass is 422 g/mol. The molecule has 0 saturated heterocycles. The zero-order valence-electron chi connectivity index (χ0n) is 16.8. The minimum atomic E-state index is -0.717. The van der Waals surface area contributed by atoms with Gasteiger partial charge in [-0.1, -0.05) is 19.1 Å². The molecule has 1 saturated carbocycles. The molecule has 0 aromatic heterocycles. The SMILES string of the molecule is CSc1ccc(CN(C)C(=O)COC(=O)C[C@H]2C(=O)C[C@@H](C)[C@H]2C[N+](=O)[O-])cc1. The number of amides is 1. The topological polar surface area (TPSA) is 107 Å². The van der Waals surface area contributed by atoms with Crippen LogP contribution in [-0.4, -0.2) is 53.9 Å². The fourth-order valence-corrected chi connectivity index (χ4v) is 3.99. The third-order valence-corrected chi connectivity index (χ3v) is 6.04. The molecule has 1 fully saturated rings. The number of carbonyl (C=O) groups is 3. The number of esters is 1. The van der Waals surface area contributed by atoms with Crippen molar-refractivity contribution in [3.8, 4) is 0 Å². The second-order valence-electron chi connectivity index (χ2n) is 7.40. The van der Waals surface area contributed by atoms with E-state index in [0.29, 0.717) is 6.54 Å². The molecule has 2 rings (SSSR count). The first-order valence-electron chi connectivity index (χ1n) is 9.38. The predicted octanol–water partition coefficient (Wildman–Crippen LogP) is 2.42. The van der Waals surface area contributed by atoms with Crippen LogP contribution in [0, 0.1) is 27.9 Å². The summed E-state index contributed by atoms with van der Waals surface area (Å²) in [4.78, 5) is 49.4. The normalized spacial score (nSPS) is 21.1. The van der Waals surface area contributed by atoms with Gasteiger partial charge in [0.15, 0.2) is 6.61 Å². The number of likely N-dealkylation sites (N-methyl/N-ethyl adjacent to an activating group) is 1. The molecule has 0 aliphatic heterocycles. The molecule has 8 nitrogen and oxygen atoms in total. The highest BCUT2D eigenvalue weighted by Crippen LogP contribution is 2.36. The van der Waals surface area contributed by atoms with E-state index in [1.807, 2.05) is 30.5 Å². The molecule has 3 atom stereocenters. The molecule has 0 bridgehead atoms. The first-order chi connectivity index (χ1) is 13.7. The van der Waals surface area contributed by atoms with Crippen LogP contribution in [0.4, 0.5) is 0 Å². The molecule has 0 radical (unpaired) electrons. The summed E-state index contributed by atoms with van der Waals surface area (Å²) in [6.07, 6.45) is 1.99. The van der Waals surface area contributed by atoms with Crippen molar-refractivity contribution in [1.82, 2.24) is 4.90 Å². The molecule has 9 heteroatoms. The van der Waals surface area contributed by atoms with Crippen LogP contribution in [0.2, 0.25) is 0 Å². The van der Waals surface area contributed by atoms with Gasteiger partial charge in [0.05, 0.1) is 6.42 Å². The van der Waals surface area contributed by atoms with Crippen LogP contribution in [-0.2, 0) is 25.7 Å². The van der Waals surface area contributed by atoms with Crippen LogP contribution < -0.4 is 0 Å². The summed E-state index contributed by atoms with van der Waals surface area (Å²) in [5.41, 5.74) is 0.957. The van der Waals surface area contributed by atoms with Crippen molar-refractivity contribution in [2.45, 2.75) is 31.2 Å². The average Bonchev–Trinajstić information content (AvgIpc) is 2.93. The van der Waals surface area contributed by atoms with Gasteiger partial charge in [0.25, 0.3) is 5.91 Å². The Balaban J connectivity index is 1.83. The van der Waals surface area contributed by atoms with Crippen LogP contribution in [0.25, 0.3) is 0 Å². The van der Waals surface area contributed by atoms with Crippen LogP contribution in [0.1, 0.15) is 25.3 Å². The summed E-state index contributed by atoms with van der Waals surface area (Å²) in [5, 5.41) is 10.8. The Labute approximate surface area is 174 Å². The van der Waals surface area contributed by atoms with Crippen LogP contribution >= 0.6 is 11.8 Å². The highest BCUT2D eigenvalue weighted by Gasteiger charge is 2.44. The third-order valence-electron chi connectivity index (χ3n) is 5.29. The molecule has 1 aromatic rings. The van der Waals surface area contributed by atoms with E-state index >= 15 is 0 Å². The number of ketones is 1. The minimum absolute atomic E-state index is 0.143. The molecule has 0 N–H and O–H groups in total. The van der Waals surface area contributed by atoms with E-state index in [0.717, 1.165) is 10.5 Å². The fraction of sp³-hybridized carbons (Fsp3) is 0.550. The standard InChI is InChI=1S/C20H26N2O6S/c1-13-8-18(23)16(17(13)11-22(26)27)9-20(25)28-12-19(24)21(2)10-14-4-6-15(29-3)7-5-14/h4-7,13,16-17H,8-12H2,1-3H3/t13-,16-,17-/m1/s1. The molecule has 1 aromatic carbocycles. The summed E-state index contributed by atoms with van der Waals surface area (Å²) in [6.45, 7) is 1.40. The lowest BCUT2D eigenvalue weighted by Gasteiger charge is -2.19. The zero-order valence-corrected chi connectivity index (χ0v) is 17.6. The maximum atomic E-state index is 12.2. The smallest absolute Gasteiger partial charge is 0.307 e. The van der Waals surface area contributed by atoms with Crippen molar-refractivity contribution in [3.05, 3.63) is 39.9 Å². The van der Waals surface area contributed by atoms with E-state index in [-0.39, 0.29) is 37.0 Å². The van der Waals surface area contributed by atoms with Gasteiger partial charge in [-0.3, -0.25) is 24.5 Å². The van der Waals surface area contributed by atoms with Gasteiger partial charge in [0.2, 0.25) is 6.54 Å². The molecule has 0 unspecified atom stereocenters. The summed E-state index contributed by atoms with van der Waals surface area (Å²) in [5.74, 6) is -2.54. The second kappa shape index (κ2) is 10.4. The van der Waals surface area contributed by atoms with E-state index in [1.165, 1.54) is 4.90 Å². The highest BCUT2D eigenvalue weighted by molar-refractivity contribution is 7.98. The fourth-order valence-electron chi connectivity index (χ4n) is 3.58. The van der Waals surface area contributed by atoms with Crippen LogP contribution in [0.15, 0.2) is 29.2 Å². The number of thioether (sulfide) groups is 1. The van der Waals surface area contributed by atoms with Gasteiger partial charge in [0, 0.05) is 41.7 Å². The Bertz CT molecular complexity index is 767. The van der Waals surface area contributed by atoms with Gasteiger partial charge in [-0.15, -0.1) is 11.8 Å². The lowest BCUT2D eigenvalue weighted by molar-refractivity contribution is -0.490. The Morgan fingerprint density at radius 3 is 2.55 bits per heavy atom. The Kier molecular flexibility index (Phi) is 8.19. The maximum Gasteiger partial charge on any atom is 0.307 e. The Hall–Kier alpha value is -2.42. The predicted molar refractivity (Wildman–Crippen MR) is 108 cm³/mol. The van der Waals surface area contributed by atoms with Gasteiger partial charge in [-0.2, -0.15) is 0 Å². The van der Waals surface area contributed by atoms with E-state index in [9.17, 15) is 24.5 Å². The maximum absolute atomic E-state index is 12.2. The molecule has 0 heterocycles. The molecule has 29 heavy (non-hydrogen) atoms. The van der Waals surface area contributed by atoms with Gasteiger partial charge < -0.3 is 9.64 Å². The van der Waals surface area contributed by atoms with E-state index in [1.54, 1.807) is 25.7 Å². The molecular formula is C20H26N2O6S. The molecule has 0 spiro atoms. The van der Waals surface area contributed by atoms with Crippen molar-refractivity contribution < 1.29 is 24.0 Å². The zero-order chi connectivity index (χ0) is 21.6. The largest absolute Gasteiger partial charge is 0.456 e. The summed E-state index contributed by atoms with van der Waals surface area (Å²) in [6, 6.07) is 7.81. The van der Waals surface area contributed by atoms with Crippen molar-refractivity contribution in [1.29, 1.82) is 0 Å². The Morgan fingerprint density at radius 1 is 1.31 bits per heavy atom. The number of Topliss-reactive ketones (excluding diaryl/α,β-unsaturated/α-hetero) is 1. The lowest BCUT2D eigenvalue weighted by atomic mass is 9.88. The number of benzene rings is 1. The quantitative estimate of drug-likeness (QED) is 0.260. The van der Waals surface area contributed by atoms with Gasteiger partial charge in [0.1, 0.15) is 5.78 Å². The first kappa shape index (κ1) is 22.9. The molecular weight excluding hydrogens is 396 g/mol. The van der Waals surface area contributed by atoms with E-state index < -0.39 is 29.3 Å². The van der Waals surface area contributed by atoms with Crippen LogP contribution in [0.5, 0.6) is 0 Å². The highest BCUT2D eigenvalue weighted by atomic mass is 32.2. The van der Waals surface area contributed by atoms with Gasteiger partial charge in [-0.05, 0) is 29.9 Å². The van der Waals surface area contributed by atoms with Crippen LogP contribution in [0.3, 0.4) is 0 Å². The van der Waals surface area contributed by atoms with Crippen molar-refractivity contribution in [2.24, 2.45) is 17.8 Å². The summed E-state index contributed by atoms with van der Waals surface area (Å²) >= 11 is 1.63. The first-order valence-corrected chi connectivity index (χ1v) is 10.6. The number of hydrogen-bond donors (Lipinski definition) is 0. The number of hydrogen-bond acceptors (Lipinski definition) is 7. The number of ether oxygens (including phenoxy) is 1. The van der Waals surface area contributed by atoms with Crippen molar-refractivity contribution in [3.63, 3.8) is 0 Å². The van der Waals surface area contributed by atoms with E-state index in [4.69, 9.17) is 4.74 Å². The third kappa shape index (κ3) is 6.56. The summed E-state index contributed by atoms with van der Waals surface area (Å²) < 4.78 is 5.04. The number of rotatable bonds is 9. The number of nitrogens with zero attached hydrogens (tertiary/aromatic N) is 2. The van der Waals surface area contributed by atoms with Crippen molar-refractivity contribution in [2.75, 3.05) is 26.5 Å². The number of nitro groups is 1. The number of carbonyl (C=O) groups excluding carboxylic acids is 3. The minimum Gasteiger partial charge on any atom is -0.456 e. The van der Waals surface area contributed by atoms with Gasteiger partial charge >= 0.3 is 5.97 Å². The molecule has 1 aliphatic carbocycles. The van der Waals surface area contributed by atoms with Crippen molar-refractivity contribution >= 4 is 29.4 Å². The summed E-state index contributed by atoms with van der Waals surface area (Å²) in [7, 11) is 1.62. The molecule has 158 valence electrons. The Morgan fingerprint density at radius 2 is 1.97 bits per heavy atom. The van der Waals surface area contributed by atoms with Gasteiger partial charge in [-0.25, -0.2) is 0 Å². The van der Waals surface area contributed by atoms with E-state index in [2.05, 4.69) is 0 Å². The average molecular weight is 423 g/mol. The second-order valence-corrected chi connectivity index (χ2v) is 8.28.